The van der Waals surface area contributed by atoms with Crippen molar-refractivity contribution in [3.8, 4) is 0 Å². The number of carbonyl (C=O) groups is 1. The summed E-state index contributed by atoms with van der Waals surface area (Å²) in [6, 6.07) is 3.10. The first-order valence-electron chi connectivity index (χ1n) is 7.08. The third kappa shape index (κ3) is 4.23. The van der Waals surface area contributed by atoms with Crippen LogP contribution < -0.4 is 5.32 Å². The maximum atomic E-state index is 10.9. The van der Waals surface area contributed by atoms with Crippen LogP contribution in [0.15, 0.2) is 18.3 Å². The second kappa shape index (κ2) is 6.55. The van der Waals surface area contributed by atoms with Crippen molar-refractivity contribution in [1.29, 1.82) is 0 Å². The number of carboxylic acids is 1. The van der Waals surface area contributed by atoms with E-state index in [2.05, 4.69) is 17.2 Å². The number of pyridine rings is 1. The van der Waals surface area contributed by atoms with Gasteiger partial charge in [0.25, 0.3) is 0 Å². The van der Waals surface area contributed by atoms with Crippen molar-refractivity contribution in [2.75, 3.05) is 11.9 Å². The molecule has 1 aliphatic rings. The van der Waals surface area contributed by atoms with E-state index in [4.69, 9.17) is 5.11 Å². The van der Waals surface area contributed by atoms with Crippen LogP contribution in [-0.2, 0) is 0 Å². The van der Waals surface area contributed by atoms with E-state index in [9.17, 15) is 4.79 Å². The molecule has 0 radical (unpaired) electrons. The first-order valence-corrected chi connectivity index (χ1v) is 7.08. The van der Waals surface area contributed by atoms with Crippen LogP contribution in [0.25, 0.3) is 0 Å². The molecule has 4 nitrogen and oxygen atoms in total. The Morgan fingerprint density at radius 1 is 1.53 bits per heavy atom. The van der Waals surface area contributed by atoms with Crippen molar-refractivity contribution in [3.05, 3.63) is 23.9 Å². The number of hydrogen-bond donors (Lipinski definition) is 2. The highest BCUT2D eigenvalue weighted by molar-refractivity contribution is 5.88. The lowest BCUT2D eigenvalue weighted by molar-refractivity contribution is 0.0697. The van der Waals surface area contributed by atoms with Crippen molar-refractivity contribution >= 4 is 11.8 Å². The Labute approximate surface area is 114 Å². The maximum absolute atomic E-state index is 10.9. The summed E-state index contributed by atoms with van der Waals surface area (Å²) in [5, 5.41) is 12.1. The molecule has 1 saturated carbocycles. The fraction of sp³-hybridized carbons (Fsp3) is 0.600. The summed E-state index contributed by atoms with van der Waals surface area (Å²) >= 11 is 0. The molecule has 1 aromatic heterocycles. The Morgan fingerprint density at radius 3 is 3.11 bits per heavy atom. The molecule has 4 heteroatoms. The molecular formula is C15H22N2O2. The van der Waals surface area contributed by atoms with Crippen LogP contribution >= 0.6 is 0 Å². The predicted octanol–water partition coefficient (Wildman–Crippen LogP) is 3.41. The van der Waals surface area contributed by atoms with Crippen LogP contribution in [-0.4, -0.2) is 22.6 Å². The molecule has 0 amide bonds. The van der Waals surface area contributed by atoms with Gasteiger partial charge in [0, 0.05) is 12.7 Å². The number of aromatic carboxylic acids is 1. The number of nitrogens with zero attached hydrogens (tertiary/aromatic N) is 1. The Balaban J connectivity index is 1.79. The first-order chi connectivity index (χ1) is 9.15. The zero-order valence-corrected chi connectivity index (χ0v) is 11.4. The van der Waals surface area contributed by atoms with Crippen LogP contribution in [0.3, 0.4) is 0 Å². The van der Waals surface area contributed by atoms with Gasteiger partial charge >= 0.3 is 5.97 Å². The zero-order valence-electron chi connectivity index (χ0n) is 11.4. The second-order valence-corrected chi connectivity index (χ2v) is 5.59. The predicted molar refractivity (Wildman–Crippen MR) is 75.4 cm³/mol. The van der Waals surface area contributed by atoms with Gasteiger partial charge in [0.15, 0.2) is 0 Å². The number of nitrogens with one attached hydrogen (secondary N) is 1. The normalized spacial score (nSPS) is 23.0. The topological polar surface area (TPSA) is 62.2 Å². The average Bonchev–Trinajstić information content (AvgIpc) is 2.39. The van der Waals surface area contributed by atoms with E-state index in [1.807, 2.05) is 0 Å². The summed E-state index contributed by atoms with van der Waals surface area (Å²) in [5.74, 6) is 1.40. The number of aromatic nitrogens is 1. The Morgan fingerprint density at radius 2 is 2.37 bits per heavy atom. The van der Waals surface area contributed by atoms with Crippen molar-refractivity contribution < 1.29 is 9.90 Å². The van der Waals surface area contributed by atoms with Gasteiger partial charge in [0.05, 0.1) is 5.56 Å². The third-order valence-corrected chi connectivity index (χ3v) is 3.91. The zero-order chi connectivity index (χ0) is 13.7. The van der Waals surface area contributed by atoms with E-state index in [1.165, 1.54) is 37.9 Å². The molecular weight excluding hydrogens is 240 g/mol. The highest BCUT2D eigenvalue weighted by Crippen LogP contribution is 2.30. The molecule has 19 heavy (non-hydrogen) atoms. The van der Waals surface area contributed by atoms with Gasteiger partial charge in [0.2, 0.25) is 0 Å². The van der Waals surface area contributed by atoms with Gasteiger partial charge in [-0.1, -0.05) is 26.2 Å². The minimum Gasteiger partial charge on any atom is -0.478 e. The van der Waals surface area contributed by atoms with Gasteiger partial charge in [-0.2, -0.15) is 0 Å². The molecule has 0 saturated heterocycles. The summed E-state index contributed by atoms with van der Waals surface area (Å²) in [5.41, 5.74) is 0.281. The fourth-order valence-corrected chi connectivity index (χ4v) is 2.89. The van der Waals surface area contributed by atoms with E-state index in [0.29, 0.717) is 5.82 Å². The van der Waals surface area contributed by atoms with Gasteiger partial charge in [-0.05, 0) is 36.8 Å². The number of rotatable bonds is 5. The Kier molecular flexibility index (Phi) is 4.77. The Bertz CT molecular complexity index is 434. The highest BCUT2D eigenvalue weighted by Gasteiger charge is 2.18. The lowest BCUT2D eigenvalue weighted by Crippen LogP contribution is -2.17. The summed E-state index contributed by atoms with van der Waals surface area (Å²) in [6.07, 6.45) is 8.04. The van der Waals surface area contributed by atoms with Crippen molar-refractivity contribution in [1.82, 2.24) is 4.98 Å². The van der Waals surface area contributed by atoms with Crippen LogP contribution in [0.1, 0.15) is 49.4 Å². The summed E-state index contributed by atoms with van der Waals surface area (Å²) in [7, 11) is 0. The molecule has 2 atom stereocenters. The molecule has 1 fully saturated rings. The average molecular weight is 262 g/mol. The van der Waals surface area contributed by atoms with Crippen molar-refractivity contribution in [3.63, 3.8) is 0 Å². The van der Waals surface area contributed by atoms with Crippen LogP contribution in [0.4, 0.5) is 5.82 Å². The molecule has 1 aliphatic carbocycles. The van der Waals surface area contributed by atoms with E-state index in [1.54, 1.807) is 6.07 Å². The van der Waals surface area contributed by atoms with Gasteiger partial charge < -0.3 is 10.4 Å². The summed E-state index contributed by atoms with van der Waals surface area (Å²) < 4.78 is 0. The number of anilines is 1. The minimum atomic E-state index is -0.911. The molecule has 104 valence electrons. The molecule has 2 N–H and O–H groups in total. The smallest absolute Gasteiger partial charge is 0.335 e. The van der Waals surface area contributed by atoms with E-state index in [0.717, 1.165) is 24.8 Å². The largest absolute Gasteiger partial charge is 0.478 e. The minimum absolute atomic E-state index is 0.281. The molecule has 0 bridgehead atoms. The van der Waals surface area contributed by atoms with Gasteiger partial charge in [0.1, 0.15) is 5.82 Å². The Hall–Kier alpha value is -1.58. The highest BCUT2D eigenvalue weighted by atomic mass is 16.4. The quantitative estimate of drug-likeness (QED) is 0.853. The third-order valence-electron chi connectivity index (χ3n) is 3.91. The summed E-state index contributed by atoms with van der Waals surface area (Å²) in [6.45, 7) is 3.20. The molecule has 1 aromatic rings. The molecule has 0 aliphatic heterocycles. The van der Waals surface area contributed by atoms with E-state index < -0.39 is 5.97 Å². The first kappa shape index (κ1) is 13.8. The standard InChI is InChI=1S/C15H22N2O2/c1-11-3-2-4-12(9-11)5-7-16-14-10-13(15(18)19)6-8-17-14/h6,8,10-12H,2-5,7,9H2,1H3,(H,16,17)(H,18,19). The van der Waals surface area contributed by atoms with Crippen LogP contribution in [0.5, 0.6) is 0 Å². The second-order valence-electron chi connectivity index (χ2n) is 5.59. The van der Waals surface area contributed by atoms with Crippen molar-refractivity contribution in [2.24, 2.45) is 11.8 Å². The van der Waals surface area contributed by atoms with E-state index >= 15 is 0 Å². The van der Waals surface area contributed by atoms with Gasteiger partial charge in [-0.15, -0.1) is 0 Å². The SMILES string of the molecule is CC1CCCC(CCNc2cc(C(=O)O)ccn2)C1. The number of carboxylic acid groups (broad SMARTS) is 1. The van der Waals surface area contributed by atoms with Gasteiger partial charge in [-0.25, -0.2) is 9.78 Å². The molecule has 0 aromatic carbocycles. The molecule has 2 unspecified atom stereocenters. The monoisotopic (exact) mass is 262 g/mol. The molecule has 1 heterocycles. The van der Waals surface area contributed by atoms with Gasteiger partial charge in [-0.3, -0.25) is 0 Å². The molecule has 0 spiro atoms. The molecule has 2 rings (SSSR count). The van der Waals surface area contributed by atoms with E-state index in [-0.39, 0.29) is 5.56 Å². The maximum Gasteiger partial charge on any atom is 0.335 e. The fourth-order valence-electron chi connectivity index (χ4n) is 2.89. The number of hydrogen-bond acceptors (Lipinski definition) is 3. The van der Waals surface area contributed by atoms with Crippen molar-refractivity contribution in [2.45, 2.75) is 39.0 Å². The summed E-state index contributed by atoms with van der Waals surface area (Å²) in [4.78, 5) is 15.0. The lowest BCUT2D eigenvalue weighted by Gasteiger charge is -2.26. The lowest BCUT2D eigenvalue weighted by atomic mass is 9.81. The van der Waals surface area contributed by atoms with Crippen LogP contribution in [0, 0.1) is 11.8 Å². The van der Waals surface area contributed by atoms with Crippen LogP contribution in [0.2, 0.25) is 0 Å².